The number of hydrogen-bond donors (Lipinski definition) is 0. The van der Waals surface area contributed by atoms with Gasteiger partial charge in [-0.05, 0) is 119 Å². The molecule has 53 heavy (non-hydrogen) atoms. The van der Waals surface area contributed by atoms with Crippen molar-refractivity contribution < 1.29 is 13.3 Å². The zero-order chi connectivity index (χ0) is 39.8. The van der Waals surface area contributed by atoms with Gasteiger partial charge in [-0.3, -0.25) is 0 Å². The fourth-order valence-corrected chi connectivity index (χ4v) is 16.0. The summed E-state index contributed by atoms with van der Waals surface area (Å²) >= 11 is 0. The Morgan fingerprint density at radius 2 is 1.11 bits per heavy atom. The molecule has 2 aromatic rings. The second kappa shape index (κ2) is 16.7. The summed E-state index contributed by atoms with van der Waals surface area (Å²) in [6.07, 6.45) is 6.24. The van der Waals surface area contributed by atoms with E-state index in [1.54, 1.807) is 5.57 Å². The zero-order valence-corrected chi connectivity index (χ0v) is 40.2. The molecule has 0 N–H and O–H groups in total. The first-order chi connectivity index (χ1) is 24.3. The standard InChI is InChI=1S/C47H80O3Si3/c1-34(2)44(33-49-52(16,17)46(8,9)10)42-29-35(3)28-41-40(36(4)32-48-51(14,15)45(5,6)7)30-37(31-43(41)42)50-53(47(11,12)13,38-24-20-18-21-25-38)39-26-22-19-23-27-39/h18-28,34,36-37,40-44H,29-33H2,1-17H3/t36-,37-,40+,41-,42-,43+,44-/m1/s1. The lowest BCUT2D eigenvalue weighted by atomic mass is 9.56. The third-order valence-corrected chi connectivity index (χ3v) is 28.6. The van der Waals surface area contributed by atoms with Gasteiger partial charge in [-0.25, -0.2) is 0 Å². The molecule has 3 nitrogen and oxygen atoms in total. The first kappa shape index (κ1) is 44.4. The van der Waals surface area contributed by atoms with Crippen LogP contribution in [0.5, 0.6) is 0 Å². The largest absolute Gasteiger partial charge is 0.417 e. The van der Waals surface area contributed by atoms with Gasteiger partial charge in [0.2, 0.25) is 0 Å². The van der Waals surface area contributed by atoms with Crippen molar-refractivity contribution in [2.75, 3.05) is 13.2 Å². The summed E-state index contributed by atoms with van der Waals surface area (Å²) in [6.45, 7) is 42.7. The Kier molecular flexibility index (Phi) is 14.0. The summed E-state index contributed by atoms with van der Waals surface area (Å²) in [6, 6.07) is 22.6. The van der Waals surface area contributed by atoms with Crippen LogP contribution in [0.25, 0.3) is 0 Å². The van der Waals surface area contributed by atoms with E-state index < -0.39 is 25.0 Å². The minimum absolute atomic E-state index is 0.0565. The fraction of sp³-hybridized carbons (Fsp3) is 0.702. The van der Waals surface area contributed by atoms with Crippen LogP contribution in [0.3, 0.4) is 0 Å². The van der Waals surface area contributed by atoms with Gasteiger partial charge in [0, 0.05) is 19.3 Å². The Hall–Kier alpha value is -1.29. The van der Waals surface area contributed by atoms with E-state index in [9.17, 15) is 0 Å². The maximum Gasteiger partial charge on any atom is 0.261 e. The van der Waals surface area contributed by atoms with Gasteiger partial charge in [0.1, 0.15) is 0 Å². The van der Waals surface area contributed by atoms with E-state index >= 15 is 0 Å². The van der Waals surface area contributed by atoms with Gasteiger partial charge < -0.3 is 13.3 Å². The highest BCUT2D eigenvalue weighted by Crippen LogP contribution is 2.53. The van der Waals surface area contributed by atoms with Gasteiger partial charge in [-0.1, -0.05) is 155 Å². The van der Waals surface area contributed by atoms with Gasteiger partial charge in [0.25, 0.3) is 8.32 Å². The summed E-state index contributed by atoms with van der Waals surface area (Å²) < 4.78 is 22.2. The van der Waals surface area contributed by atoms with E-state index in [4.69, 9.17) is 13.3 Å². The van der Waals surface area contributed by atoms with Crippen LogP contribution in [0.1, 0.15) is 109 Å². The third kappa shape index (κ3) is 9.82. The molecular weight excluding hydrogens is 697 g/mol. The highest BCUT2D eigenvalue weighted by atomic mass is 28.4. The molecule has 4 rings (SSSR count). The van der Waals surface area contributed by atoms with Gasteiger partial charge in [-0.2, -0.15) is 0 Å². The van der Waals surface area contributed by atoms with Gasteiger partial charge in [-0.15, -0.1) is 0 Å². The molecule has 0 aromatic heterocycles. The monoisotopic (exact) mass is 777 g/mol. The lowest BCUT2D eigenvalue weighted by molar-refractivity contribution is -0.0287. The summed E-state index contributed by atoms with van der Waals surface area (Å²) in [5, 5.41) is 3.09. The van der Waals surface area contributed by atoms with E-state index in [0.717, 1.165) is 26.1 Å². The predicted octanol–water partition coefficient (Wildman–Crippen LogP) is 12.5. The smallest absolute Gasteiger partial charge is 0.261 e. The molecule has 1 fully saturated rings. The van der Waals surface area contributed by atoms with Gasteiger partial charge in [0.15, 0.2) is 16.6 Å². The van der Waals surface area contributed by atoms with Crippen LogP contribution in [0.2, 0.25) is 41.3 Å². The van der Waals surface area contributed by atoms with Crippen LogP contribution >= 0.6 is 0 Å². The molecule has 298 valence electrons. The number of allylic oxidation sites excluding steroid dienone is 2. The third-order valence-electron chi connectivity index (χ3n) is 14.5. The topological polar surface area (TPSA) is 27.7 Å². The highest BCUT2D eigenvalue weighted by molar-refractivity contribution is 6.99. The Balaban J connectivity index is 1.83. The lowest BCUT2D eigenvalue weighted by Crippen LogP contribution is -2.68. The number of hydrogen-bond acceptors (Lipinski definition) is 3. The predicted molar refractivity (Wildman–Crippen MR) is 238 cm³/mol. The molecule has 0 aliphatic heterocycles. The Labute approximate surface area is 330 Å². The Morgan fingerprint density at radius 1 is 0.642 bits per heavy atom. The summed E-state index contributed by atoms with van der Waals surface area (Å²) in [7, 11) is -6.54. The van der Waals surface area contributed by atoms with Gasteiger partial charge >= 0.3 is 0 Å². The van der Waals surface area contributed by atoms with E-state index in [0.29, 0.717) is 41.4 Å². The molecule has 0 amide bonds. The number of rotatable bonds is 13. The second-order valence-electron chi connectivity index (χ2n) is 21.7. The summed E-state index contributed by atoms with van der Waals surface area (Å²) in [5.41, 5.74) is 1.57. The maximum absolute atomic E-state index is 8.08. The Morgan fingerprint density at radius 3 is 1.55 bits per heavy atom. The highest BCUT2D eigenvalue weighted by Gasteiger charge is 2.55. The minimum atomic E-state index is -2.74. The molecular formula is C47H80O3Si3. The van der Waals surface area contributed by atoms with E-state index in [-0.39, 0.29) is 21.2 Å². The van der Waals surface area contributed by atoms with Crippen molar-refractivity contribution in [2.24, 2.45) is 41.4 Å². The normalized spacial score (nSPS) is 24.8. The lowest BCUT2D eigenvalue weighted by Gasteiger charge is -2.54. The quantitative estimate of drug-likeness (QED) is 0.150. The van der Waals surface area contributed by atoms with E-state index in [2.05, 4.69) is 183 Å². The average Bonchev–Trinajstić information content (AvgIpc) is 3.05. The summed E-state index contributed by atoms with van der Waals surface area (Å²) in [5.74, 6) is 3.63. The summed E-state index contributed by atoms with van der Waals surface area (Å²) in [4.78, 5) is 0. The molecule has 0 saturated heterocycles. The van der Waals surface area contributed by atoms with Crippen molar-refractivity contribution in [2.45, 2.75) is 157 Å². The fourth-order valence-electron chi connectivity index (χ4n) is 9.09. The molecule has 0 spiro atoms. The van der Waals surface area contributed by atoms with Gasteiger partial charge in [0.05, 0.1) is 0 Å². The van der Waals surface area contributed by atoms with Crippen LogP contribution in [0.4, 0.5) is 0 Å². The minimum Gasteiger partial charge on any atom is -0.417 e. The van der Waals surface area contributed by atoms with E-state index in [1.165, 1.54) is 16.8 Å². The molecule has 2 aliphatic carbocycles. The number of fused-ring (bicyclic) bond motifs is 1. The Bertz CT molecular complexity index is 1440. The SMILES string of the molecule is CC1=C[C@@H]2[C@H]([C@H](C)CO[Si](C)(C)C(C)(C)C)C[C@@H](O[Si](c3ccccc3)(c3ccccc3)C(C)(C)C)C[C@@H]2[C@H]([C@H](CO[Si](C)(C)C(C)(C)C)C(C)C)C1. The van der Waals surface area contributed by atoms with Crippen molar-refractivity contribution in [3.63, 3.8) is 0 Å². The molecule has 2 aromatic carbocycles. The maximum atomic E-state index is 8.08. The van der Waals surface area contributed by atoms with Crippen LogP contribution in [0.15, 0.2) is 72.3 Å². The molecule has 6 heteroatoms. The molecule has 0 bridgehead atoms. The first-order valence-corrected chi connectivity index (χ1v) is 28.8. The average molecular weight is 777 g/mol. The molecule has 1 saturated carbocycles. The van der Waals surface area contributed by atoms with Crippen molar-refractivity contribution in [1.82, 2.24) is 0 Å². The van der Waals surface area contributed by atoms with Crippen LogP contribution in [-0.2, 0) is 13.3 Å². The molecule has 2 aliphatic rings. The first-order valence-electron chi connectivity index (χ1n) is 21.1. The molecule has 0 unspecified atom stereocenters. The molecule has 0 radical (unpaired) electrons. The van der Waals surface area contributed by atoms with Crippen LogP contribution in [0, 0.1) is 41.4 Å². The second-order valence-corrected chi connectivity index (χ2v) is 35.6. The zero-order valence-electron chi connectivity index (χ0n) is 37.2. The molecule has 7 atom stereocenters. The van der Waals surface area contributed by atoms with Crippen molar-refractivity contribution in [1.29, 1.82) is 0 Å². The van der Waals surface area contributed by atoms with E-state index in [1.807, 2.05) is 0 Å². The van der Waals surface area contributed by atoms with Crippen molar-refractivity contribution in [3.05, 3.63) is 72.3 Å². The van der Waals surface area contributed by atoms with Crippen LogP contribution < -0.4 is 10.4 Å². The van der Waals surface area contributed by atoms with Crippen molar-refractivity contribution in [3.8, 4) is 0 Å². The molecule has 0 heterocycles. The van der Waals surface area contributed by atoms with Crippen LogP contribution in [-0.4, -0.2) is 44.3 Å². The number of benzene rings is 2. The van der Waals surface area contributed by atoms with Crippen molar-refractivity contribution >= 4 is 35.3 Å².